The number of fused-ring (bicyclic) bond motifs is 2. The van der Waals surface area contributed by atoms with Gasteiger partial charge in [-0.3, -0.25) is 0 Å². The molecule has 0 saturated carbocycles. The Kier molecular flexibility index (Phi) is 3.21. The van der Waals surface area contributed by atoms with Gasteiger partial charge in [-0.05, 0) is 24.3 Å². The molecule has 0 N–H and O–H groups in total. The number of rotatable bonds is 4. The Balaban J connectivity index is 1.44. The van der Waals surface area contributed by atoms with Crippen molar-refractivity contribution < 1.29 is 9.31 Å². The van der Waals surface area contributed by atoms with Crippen LogP contribution < -0.4 is 9.31 Å². The highest BCUT2D eigenvalue weighted by Crippen LogP contribution is 2.29. The van der Waals surface area contributed by atoms with Crippen molar-refractivity contribution in [2.75, 3.05) is 0 Å². The molecule has 0 aliphatic heterocycles. The van der Waals surface area contributed by atoms with Crippen molar-refractivity contribution in [2.45, 2.75) is 0 Å². The summed E-state index contributed by atoms with van der Waals surface area (Å²) in [5.74, 6) is 0. The number of nitrogens with zero attached hydrogens (tertiary/aromatic N) is 2. The Bertz CT molecular complexity index is 766. The molecule has 0 aliphatic carbocycles. The minimum Gasteiger partial charge on any atom is -0.506 e. The van der Waals surface area contributed by atoms with E-state index in [1.807, 2.05) is 48.5 Å². The van der Waals surface area contributed by atoms with Gasteiger partial charge in [0.2, 0.25) is 0 Å². The van der Waals surface area contributed by atoms with Gasteiger partial charge in [0.05, 0.1) is 20.4 Å². The van der Waals surface area contributed by atoms with Gasteiger partial charge in [0.1, 0.15) is 0 Å². The number of aromatic nitrogens is 2. The molecule has 102 valence electrons. The first-order chi connectivity index (χ1) is 10.4. The fourth-order valence-electron chi connectivity index (χ4n) is 1.96. The van der Waals surface area contributed by atoms with E-state index < -0.39 is 0 Å². The van der Waals surface area contributed by atoms with Gasteiger partial charge in [-0.25, -0.2) is 9.97 Å². The molecule has 0 saturated heterocycles. The van der Waals surface area contributed by atoms with Crippen LogP contribution in [0.25, 0.3) is 20.4 Å². The highest BCUT2D eigenvalue weighted by atomic mass is 32.1. The molecule has 0 amide bonds. The zero-order valence-electron chi connectivity index (χ0n) is 10.9. The third-order valence-electron chi connectivity index (χ3n) is 2.91. The molecule has 21 heavy (non-hydrogen) atoms. The second-order valence-corrected chi connectivity index (χ2v) is 6.29. The van der Waals surface area contributed by atoms with E-state index in [-0.39, 0.29) is 7.69 Å². The van der Waals surface area contributed by atoms with Crippen molar-refractivity contribution >= 4 is 50.8 Å². The molecular weight excluding hydrogens is 303 g/mol. The SMILES string of the molecule is B(Oc1nc2ccccc2s1)Oc1nc2ccccc2s1. The Morgan fingerprint density at radius 1 is 0.714 bits per heavy atom. The molecule has 0 fully saturated rings. The molecule has 2 heterocycles. The van der Waals surface area contributed by atoms with Crippen LogP contribution in [0.5, 0.6) is 10.4 Å². The summed E-state index contributed by atoms with van der Waals surface area (Å²) in [5, 5.41) is 1.22. The number of hydrogen-bond donors (Lipinski definition) is 0. The van der Waals surface area contributed by atoms with E-state index in [1.165, 1.54) is 22.7 Å². The van der Waals surface area contributed by atoms with Crippen LogP contribution in [0.4, 0.5) is 0 Å². The summed E-state index contributed by atoms with van der Waals surface area (Å²) >= 11 is 3.01. The fourth-order valence-corrected chi connectivity index (χ4v) is 3.56. The summed E-state index contributed by atoms with van der Waals surface area (Å²) in [6.07, 6.45) is 0. The zero-order chi connectivity index (χ0) is 14.1. The predicted octanol–water partition coefficient (Wildman–Crippen LogP) is 3.63. The van der Waals surface area contributed by atoms with E-state index in [9.17, 15) is 0 Å². The van der Waals surface area contributed by atoms with Crippen LogP contribution in [-0.2, 0) is 0 Å². The largest absolute Gasteiger partial charge is 0.579 e. The summed E-state index contributed by atoms with van der Waals surface area (Å²) in [5.41, 5.74) is 1.88. The lowest BCUT2D eigenvalue weighted by atomic mass is 10.3. The molecule has 0 aliphatic rings. The van der Waals surface area contributed by atoms with Gasteiger partial charge in [0.15, 0.2) is 0 Å². The molecular formula is C14H9BN2O2S2. The molecule has 0 spiro atoms. The van der Waals surface area contributed by atoms with E-state index in [2.05, 4.69) is 9.97 Å². The third kappa shape index (κ3) is 2.57. The average Bonchev–Trinajstić information content (AvgIpc) is 3.09. The summed E-state index contributed by atoms with van der Waals surface area (Å²) in [6, 6.07) is 15.9. The molecule has 4 rings (SSSR count). The maximum Gasteiger partial charge on any atom is 0.579 e. The first kappa shape index (κ1) is 12.6. The summed E-state index contributed by atoms with van der Waals surface area (Å²) in [6.45, 7) is 0. The topological polar surface area (TPSA) is 44.2 Å². The Labute approximate surface area is 129 Å². The van der Waals surface area contributed by atoms with Crippen LogP contribution >= 0.6 is 22.7 Å². The normalized spacial score (nSPS) is 10.9. The lowest BCUT2D eigenvalue weighted by molar-refractivity contribution is 0.456. The second kappa shape index (κ2) is 5.35. The highest BCUT2D eigenvalue weighted by molar-refractivity contribution is 7.20. The Morgan fingerprint density at radius 3 is 1.67 bits per heavy atom. The van der Waals surface area contributed by atoms with E-state index in [0.717, 1.165) is 20.4 Å². The maximum atomic E-state index is 5.54. The number of benzene rings is 2. The molecule has 0 unspecified atom stereocenters. The van der Waals surface area contributed by atoms with E-state index in [1.54, 1.807) is 0 Å². The summed E-state index contributed by atoms with van der Waals surface area (Å²) in [7, 11) is 0.111. The lowest BCUT2D eigenvalue weighted by Gasteiger charge is -1.99. The van der Waals surface area contributed by atoms with Crippen molar-refractivity contribution in [3.63, 3.8) is 0 Å². The number of para-hydroxylation sites is 2. The molecule has 0 radical (unpaired) electrons. The smallest absolute Gasteiger partial charge is 0.506 e. The van der Waals surface area contributed by atoms with Crippen LogP contribution in [0, 0.1) is 0 Å². The zero-order valence-corrected chi connectivity index (χ0v) is 12.5. The van der Waals surface area contributed by atoms with Crippen LogP contribution in [0.2, 0.25) is 0 Å². The summed E-state index contributed by atoms with van der Waals surface area (Å²) in [4.78, 5) is 8.77. The first-order valence-electron chi connectivity index (χ1n) is 6.35. The van der Waals surface area contributed by atoms with Gasteiger partial charge in [0.25, 0.3) is 10.4 Å². The molecule has 4 nitrogen and oxygen atoms in total. The fraction of sp³-hybridized carbons (Fsp3) is 0. The predicted molar refractivity (Wildman–Crippen MR) is 87.6 cm³/mol. The van der Waals surface area contributed by atoms with Gasteiger partial charge >= 0.3 is 7.69 Å². The van der Waals surface area contributed by atoms with Gasteiger partial charge in [-0.2, -0.15) is 0 Å². The van der Waals surface area contributed by atoms with Crippen molar-refractivity contribution in [1.82, 2.24) is 9.97 Å². The monoisotopic (exact) mass is 312 g/mol. The number of hydrogen-bond acceptors (Lipinski definition) is 6. The minimum absolute atomic E-state index is 0.111. The molecule has 7 heteroatoms. The molecule has 2 aromatic carbocycles. The van der Waals surface area contributed by atoms with Crippen LogP contribution in [0.15, 0.2) is 48.5 Å². The highest BCUT2D eigenvalue weighted by Gasteiger charge is 2.08. The van der Waals surface area contributed by atoms with Crippen LogP contribution in [0.3, 0.4) is 0 Å². The van der Waals surface area contributed by atoms with Gasteiger partial charge in [-0.1, -0.05) is 46.9 Å². The average molecular weight is 312 g/mol. The van der Waals surface area contributed by atoms with Crippen LogP contribution in [0.1, 0.15) is 0 Å². The van der Waals surface area contributed by atoms with Crippen LogP contribution in [-0.4, -0.2) is 17.7 Å². The van der Waals surface area contributed by atoms with Crippen molar-refractivity contribution in [3.8, 4) is 10.4 Å². The van der Waals surface area contributed by atoms with E-state index >= 15 is 0 Å². The third-order valence-corrected chi connectivity index (χ3v) is 4.81. The lowest BCUT2D eigenvalue weighted by Crippen LogP contribution is -2.10. The molecule has 2 aromatic heterocycles. The Hall–Kier alpha value is -2.12. The second-order valence-electron chi connectivity index (χ2n) is 4.30. The first-order valence-corrected chi connectivity index (χ1v) is 7.98. The minimum atomic E-state index is 0.111. The maximum absolute atomic E-state index is 5.54. The Morgan fingerprint density at radius 2 is 1.19 bits per heavy atom. The molecule has 0 bridgehead atoms. The molecule has 4 aromatic rings. The molecule has 0 atom stereocenters. The van der Waals surface area contributed by atoms with Crippen molar-refractivity contribution in [1.29, 1.82) is 0 Å². The van der Waals surface area contributed by atoms with E-state index in [4.69, 9.17) is 9.31 Å². The van der Waals surface area contributed by atoms with Crippen molar-refractivity contribution in [3.05, 3.63) is 48.5 Å². The van der Waals surface area contributed by atoms with E-state index in [0.29, 0.717) is 10.4 Å². The quantitative estimate of drug-likeness (QED) is 0.540. The summed E-state index contributed by atoms with van der Waals surface area (Å²) < 4.78 is 13.3. The number of thiazole rings is 2. The van der Waals surface area contributed by atoms with Gasteiger partial charge in [-0.15, -0.1) is 0 Å². The van der Waals surface area contributed by atoms with Gasteiger partial charge in [0, 0.05) is 0 Å². The van der Waals surface area contributed by atoms with Gasteiger partial charge < -0.3 is 9.31 Å². The van der Waals surface area contributed by atoms with Crippen molar-refractivity contribution in [2.24, 2.45) is 0 Å². The standard InChI is InChI=1S/C14H9BN2O2S2/c1-3-7-11-9(5-1)16-13(20-11)18-15-19-14-17-10-6-2-4-8-12(10)21-14/h1-8,15H.